The molecule has 20 heavy (non-hydrogen) atoms. The molecule has 0 aliphatic heterocycles. The smallest absolute Gasteiger partial charge is 0.156 e. The lowest BCUT2D eigenvalue weighted by Crippen LogP contribution is -2.10. The van der Waals surface area contributed by atoms with E-state index in [4.69, 9.17) is 50.0 Å². The first-order valence-corrected chi connectivity index (χ1v) is 6.96. The van der Waals surface area contributed by atoms with Crippen LogP contribution in [0.2, 0.25) is 15.1 Å². The van der Waals surface area contributed by atoms with Crippen LogP contribution in [0.4, 0.5) is 5.69 Å². The van der Waals surface area contributed by atoms with Crippen LogP contribution in [0, 0.1) is 0 Å². The summed E-state index contributed by atoms with van der Waals surface area (Å²) < 4.78 is 11.0. The van der Waals surface area contributed by atoms with E-state index in [0.717, 1.165) is 0 Å². The number of ether oxygens (including phenoxy) is 2. The average molecular weight is 333 g/mol. The molecule has 2 rings (SSSR count). The minimum atomic E-state index is 0.287. The Kier molecular flexibility index (Phi) is 5.24. The lowest BCUT2D eigenvalue weighted by molar-refractivity contribution is 0.218. The van der Waals surface area contributed by atoms with E-state index in [1.807, 2.05) is 12.1 Å². The Labute approximate surface area is 132 Å². The largest absolute Gasteiger partial charge is 0.488 e. The van der Waals surface area contributed by atoms with Crippen LogP contribution < -0.4 is 15.2 Å². The van der Waals surface area contributed by atoms with E-state index in [1.54, 1.807) is 24.3 Å². The maximum atomic E-state index is 6.00. The SMILES string of the molecule is Nc1ccccc1OCCOc1c(Cl)cc(Cl)cc1Cl. The van der Waals surface area contributed by atoms with Gasteiger partial charge in [0, 0.05) is 5.02 Å². The van der Waals surface area contributed by atoms with Crippen molar-refractivity contribution in [1.82, 2.24) is 0 Å². The van der Waals surface area contributed by atoms with Crippen LogP contribution in [-0.2, 0) is 0 Å². The second kappa shape index (κ2) is 6.93. The molecule has 2 N–H and O–H groups in total. The molecule has 0 spiro atoms. The van der Waals surface area contributed by atoms with Gasteiger partial charge < -0.3 is 15.2 Å². The van der Waals surface area contributed by atoms with Gasteiger partial charge in [0.2, 0.25) is 0 Å². The summed E-state index contributed by atoms with van der Waals surface area (Å²) in [6.07, 6.45) is 0. The first kappa shape index (κ1) is 15.1. The molecule has 106 valence electrons. The van der Waals surface area contributed by atoms with Crippen molar-refractivity contribution in [2.75, 3.05) is 18.9 Å². The van der Waals surface area contributed by atoms with Crippen LogP contribution in [0.15, 0.2) is 36.4 Å². The molecule has 0 aliphatic rings. The van der Waals surface area contributed by atoms with Crippen molar-refractivity contribution in [3.05, 3.63) is 51.5 Å². The van der Waals surface area contributed by atoms with Gasteiger partial charge in [0.05, 0.1) is 15.7 Å². The minimum absolute atomic E-state index is 0.287. The summed E-state index contributed by atoms with van der Waals surface area (Å²) in [6.45, 7) is 0.610. The molecule has 0 heterocycles. The van der Waals surface area contributed by atoms with E-state index in [9.17, 15) is 0 Å². The lowest BCUT2D eigenvalue weighted by Gasteiger charge is -2.12. The number of benzene rings is 2. The summed E-state index contributed by atoms with van der Waals surface area (Å²) in [6, 6.07) is 10.4. The molecule has 0 amide bonds. The van der Waals surface area contributed by atoms with Crippen LogP contribution >= 0.6 is 34.8 Å². The number of para-hydroxylation sites is 2. The minimum Gasteiger partial charge on any atom is -0.488 e. The molecule has 3 nitrogen and oxygen atoms in total. The fraction of sp³-hybridized carbons (Fsp3) is 0.143. The van der Waals surface area contributed by atoms with Gasteiger partial charge in [-0.2, -0.15) is 0 Å². The van der Waals surface area contributed by atoms with Gasteiger partial charge in [-0.3, -0.25) is 0 Å². The molecule has 2 aromatic carbocycles. The number of halogens is 3. The Morgan fingerprint density at radius 3 is 2.15 bits per heavy atom. The third kappa shape index (κ3) is 3.85. The third-order valence-corrected chi connectivity index (χ3v) is 3.25. The summed E-state index contributed by atoms with van der Waals surface area (Å²) in [5.41, 5.74) is 6.33. The molecule has 0 saturated carbocycles. The zero-order valence-electron chi connectivity index (χ0n) is 10.4. The van der Waals surface area contributed by atoms with E-state index < -0.39 is 0 Å². The van der Waals surface area contributed by atoms with Crippen LogP contribution in [0.25, 0.3) is 0 Å². The Bertz CT molecular complexity index is 582. The maximum Gasteiger partial charge on any atom is 0.156 e. The standard InChI is InChI=1S/C14H12Cl3NO2/c15-9-7-10(16)14(11(17)8-9)20-6-5-19-13-4-2-1-3-12(13)18/h1-4,7-8H,5-6,18H2. The predicted molar refractivity (Wildman–Crippen MR) is 83.3 cm³/mol. The van der Waals surface area contributed by atoms with Crippen molar-refractivity contribution < 1.29 is 9.47 Å². The van der Waals surface area contributed by atoms with Crippen LogP contribution in [0.1, 0.15) is 0 Å². The Balaban J connectivity index is 1.90. The molecule has 0 saturated heterocycles. The quantitative estimate of drug-likeness (QED) is 0.638. The maximum absolute atomic E-state index is 6.00. The summed E-state index contributed by atoms with van der Waals surface area (Å²) >= 11 is 17.8. The molecular weight excluding hydrogens is 321 g/mol. The Hall–Kier alpha value is -1.29. The lowest BCUT2D eigenvalue weighted by atomic mass is 10.3. The highest BCUT2D eigenvalue weighted by molar-refractivity contribution is 6.40. The highest BCUT2D eigenvalue weighted by Crippen LogP contribution is 2.35. The second-order valence-electron chi connectivity index (χ2n) is 3.93. The van der Waals surface area contributed by atoms with Crippen molar-refractivity contribution in [3.8, 4) is 11.5 Å². The summed E-state index contributed by atoms with van der Waals surface area (Å²) in [4.78, 5) is 0. The van der Waals surface area contributed by atoms with Crippen molar-refractivity contribution in [2.24, 2.45) is 0 Å². The summed E-state index contributed by atoms with van der Waals surface area (Å²) in [5.74, 6) is 1.01. The molecular formula is C14H12Cl3NO2. The number of hydrogen-bond acceptors (Lipinski definition) is 3. The Morgan fingerprint density at radius 1 is 0.900 bits per heavy atom. The normalized spacial score (nSPS) is 10.3. The first-order valence-electron chi connectivity index (χ1n) is 5.82. The third-order valence-electron chi connectivity index (χ3n) is 2.47. The van der Waals surface area contributed by atoms with Crippen molar-refractivity contribution in [1.29, 1.82) is 0 Å². The van der Waals surface area contributed by atoms with Gasteiger partial charge in [-0.05, 0) is 24.3 Å². The van der Waals surface area contributed by atoms with E-state index in [0.29, 0.717) is 38.9 Å². The molecule has 0 radical (unpaired) electrons. The molecule has 0 bridgehead atoms. The van der Waals surface area contributed by atoms with Gasteiger partial charge in [-0.15, -0.1) is 0 Å². The van der Waals surface area contributed by atoms with Gasteiger partial charge in [-0.1, -0.05) is 46.9 Å². The zero-order valence-corrected chi connectivity index (χ0v) is 12.7. The highest BCUT2D eigenvalue weighted by Gasteiger charge is 2.09. The van der Waals surface area contributed by atoms with E-state index in [-0.39, 0.29) is 6.61 Å². The fourth-order valence-corrected chi connectivity index (χ4v) is 2.50. The van der Waals surface area contributed by atoms with Crippen molar-refractivity contribution in [3.63, 3.8) is 0 Å². The van der Waals surface area contributed by atoms with E-state index in [1.165, 1.54) is 0 Å². The van der Waals surface area contributed by atoms with Gasteiger partial charge in [0.25, 0.3) is 0 Å². The number of hydrogen-bond donors (Lipinski definition) is 1. The Morgan fingerprint density at radius 2 is 1.50 bits per heavy atom. The number of nitrogen functional groups attached to an aromatic ring is 1. The van der Waals surface area contributed by atoms with E-state index in [2.05, 4.69) is 0 Å². The first-order chi connectivity index (χ1) is 9.58. The van der Waals surface area contributed by atoms with Gasteiger partial charge in [-0.25, -0.2) is 0 Å². The molecule has 0 atom stereocenters. The van der Waals surface area contributed by atoms with Gasteiger partial charge >= 0.3 is 0 Å². The highest BCUT2D eigenvalue weighted by atomic mass is 35.5. The van der Waals surface area contributed by atoms with Crippen LogP contribution in [0.5, 0.6) is 11.5 Å². The molecule has 2 aromatic rings. The molecule has 0 unspecified atom stereocenters. The van der Waals surface area contributed by atoms with Gasteiger partial charge in [0.15, 0.2) is 5.75 Å². The fourth-order valence-electron chi connectivity index (χ4n) is 1.57. The van der Waals surface area contributed by atoms with Crippen molar-refractivity contribution >= 4 is 40.5 Å². The topological polar surface area (TPSA) is 44.5 Å². The van der Waals surface area contributed by atoms with Crippen LogP contribution in [-0.4, -0.2) is 13.2 Å². The predicted octanol–water partition coefficient (Wildman–Crippen LogP) is 4.69. The average Bonchev–Trinajstić information content (AvgIpc) is 2.38. The second-order valence-corrected chi connectivity index (χ2v) is 5.18. The zero-order chi connectivity index (χ0) is 14.5. The molecule has 0 aliphatic carbocycles. The monoisotopic (exact) mass is 331 g/mol. The number of rotatable bonds is 5. The summed E-state index contributed by atoms with van der Waals surface area (Å²) in [7, 11) is 0. The van der Waals surface area contributed by atoms with Crippen LogP contribution in [0.3, 0.4) is 0 Å². The molecule has 0 aromatic heterocycles. The van der Waals surface area contributed by atoms with Crippen molar-refractivity contribution in [2.45, 2.75) is 0 Å². The van der Waals surface area contributed by atoms with Gasteiger partial charge in [0.1, 0.15) is 19.0 Å². The summed E-state index contributed by atoms with van der Waals surface area (Å²) in [5, 5.41) is 1.18. The number of nitrogens with two attached hydrogens (primary N) is 1. The number of anilines is 1. The molecule has 6 heteroatoms. The van der Waals surface area contributed by atoms with E-state index >= 15 is 0 Å². The molecule has 0 fully saturated rings.